The number of urea groups is 1. The van der Waals surface area contributed by atoms with Gasteiger partial charge in [0.15, 0.2) is 0 Å². The van der Waals surface area contributed by atoms with Crippen molar-refractivity contribution in [1.82, 2.24) is 9.80 Å². The van der Waals surface area contributed by atoms with Gasteiger partial charge in [0.25, 0.3) is 0 Å². The maximum atomic E-state index is 12.2. The number of halogens is 2. The van der Waals surface area contributed by atoms with Crippen LogP contribution in [-0.4, -0.2) is 48.6 Å². The number of anilines is 1. The Morgan fingerprint density at radius 3 is 2.57 bits per heavy atom. The van der Waals surface area contributed by atoms with E-state index >= 15 is 0 Å². The van der Waals surface area contributed by atoms with Gasteiger partial charge in [-0.25, -0.2) is 4.79 Å². The van der Waals surface area contributed by atoms with E-state index in [9.17, 15) is 4.79 Å². The van der Waals surface area contributed by atoms with Gasteiger partial charge < -0.3 is 10.2 Å². The Balaban J connectivity index is 1.84. The van der Waals surface area contributed by atoms with Gasteiger partial charge in [-0.05, 0) is 31.2 Å². The van der Waals surface area contributed by atoms with Crippen molar-refractivity contribution in [2.45, 2.75) is 19.8 Å². The third-order valence-electron chi connectivity index (χ3n) is 3.66. The summed E-state index contributed by atoms with van der Waals surface area (Å²) in [5, 5.41) is 3.86. The number of carbonyl (C=O) groups excluding carboxylic acids is 1. The van der Waals surface area contributed by atoms with E-state index in [1.54, 1.807) is 18.2 Å². The summed E-state index contributed by atoms with van der Waals surface area (Å²) in [6.45, 7) is 6.68. The average Bonchev–Trinajstić information content (AvgIpc) is 2.48. The number of benzene rings is 1. The highest BCUT2D eigenvalue weighted by Gasteiger charge is 2.21. The van der Waals surface area contributed by atoms with Crippen LogP contribution in [0.1, 0.15) is 19.8 Å². The highest BCUT2D eigenvalue weighted by molar-refractivity contribution is 6.36. The molecule has 116 valence electrons. The summed E-state index contributed by atoms with van der Waals surface area (Å²) in [7, 11) is 0. The maximum absolute atomic E-state index is 12.2. The lowest BCUT2D eigenvalue weighted by atomic mass is 10.2. The number of amides is 2. The van der Waals surface area contributed by atoms with Crippen LogP contribution in [0.2, 0.25) is 10.0 Å². The second kappa shape index (κ2) is 7.87. The van der Waals surface area contributed by atoms with Crippen LogP contribution in [-0.2, 0) is 0 Å². The third-order valence-corrected chi connectivity index (χ3v) is 4.21. The zero-order valence-electron chi connectivity index (χ0n) is 12.2. The number of rotatable bonds is 4. The molecule has 1 heterocycles. The van der Waals surface area contributed by atoms with E-state index < -0.39 is 0 Å². The summed E-state index contributed by atoms with van der Waals surface area (Å²) >= 11 is 11.9. The predicted octanol–water partition coefficient (Wildman–Crippen LogP) is 3.94. The molecule has 1 aliphatic rings. The van der Waals surface area contributed by atoms with Crippen LogP contribution >= 0.6 is 23.2 Å². The summed E-state index contributed by atoms with van der Waals surface area (Å²) in [6, 6.07) is 4.96. The molecule has 1 saturated heterocycles. The van der Waals surface area contributed by atoms with Gasteiger partial charge in [-0.2, -0.15) is 0 Å². The first-order valence-electron chi connectivity index (χ1n) is 7.33. The first-order chi connectivity index (χ1) is 10.1. The molecular weight excluding hydrogens is 309 g/mol. The SMILES string of the molecule is CCCCN1CCN(C(=O)Nc2ccc(Cl)cc2Cl)CC1. The number of piperazine rings is 1. The van der Waals surface area contributed by atoms with E-state index in [0.717, 1.165) is 32.7 Å². The molecule has 0 bridgehead atoms. The Bertz CT molecular complexity index is 488. The third kappa shape index (κ3) is 4.77. The minimum atomic E-state index is -0.102. The van der Waals surface area contributed by atoms with E-state index in [4.69, 9.17) is 23.2 Å². The van der Waals surface area contributed by atoms with Crippen LogP contribution in [0.5, 0.6) is 0 Å². The highest BCUT2D eigenvalue weighted by atomic mass is 35.5. The van der Waals surface area contributed by atoms with E-state index in [-0.39, 0.29) is 6.03 Å². The lowest BCUT2D eigenvalue weighted by molar-refractivity contribution is 0.146. The molecule has 1 fully saturated rings. The Hall–Kier alpha value is -0.970. The summed E-state index contributed by atoms with van der Waals surface area (Å²) < 4.78 is 0. The smallest absolute Gasteiger partial charge is 0.321 e. The average molecular weight is 330 g/mol. The Morgan fingerprint density at radius 2 is 1.95 bits per heavy atom. The zero-order chi connectivity index (χ0) is 15.2. The Morgan fingerprint density at radius 1 is 1.24 bits per heavy atom. The van der Waals surface area contributed by atoms with E-state index in [0.29, 0.717) is 15.7 Å². The molecule has 0 saturated carbocycles. The fourth-order valence-corrected chi connectivity index (χ4v) is 2.80. The van der Waals surface area contributed by atoms with Gasteiger partial charge >= 0.3 is 6.03 Å². The summed E-state index contributed by atoms with van der Waals surface area (Å²) in [5.74, 6) is 0. The molecule has 0 spiro atoms. The highest BCUT2D eigenvalue weighted by Crippen LogP contribution is 2.25. The molecule has 4 nitrogen and oxygen atoms in total. The van der Waals surface area contributed by atoms with Gasteiger partial charge in [0.1, 0.15) is 0 Å². The quantitative estimate of drug-likeness (QED) is 0.907. The molecule has 0 atom stereocenters. The minimum absolute atomic E-state index is 0.102. The van der Waals surface area contributed by atoms with Crippen LogP contribution in [0.25, 0.3) is 0 Å². The summed E-state index contributed by atoms with van der Waals surface area (Å²) in [6.07, 6.45) is 2.42. The van der Waals surface area contributed by atoms with Gasteiger partial charge in [-0.3, -0.25) is 4.90 Å². The van der Waals surface area contributed by atoms with E-state index in [2.05, 4.69) is 17.1 Å². The van der Waals surface area contributed by atoms with Crippen LogP contribution in [0.15, 0.2) is 18.2 Å². The second-order valence-electron chi connectivity index (χ2n) is 5.24. The van der Waals surface area contributed by atoms with Crippen molar-refractivity contribution in [3.05, 3.63) is 28.2 Å². The van der Waals surface area contributed by atoms with Gasteiger partial charge in [-0.15, -0.1) is 0 Å². The Kier molecular flexibility index (Phi) is 6.15. The summed E-state index contributed by atoms with van der Waals surface area (Å²) in [4.78, 5) is 16.5. The zero-order valence-corrected chi connectivity index (χ0v) is 13.8. The molecule has 21 heavy (non-hydrogen) atoms. The van der Waals surface area contributed by atoms with Gasteiger partial charge in [0.2, 0.25) is 0 Å². The molecular formula is C15H21Cl2N3O. The molecule has 0 aliphatic carbocycles. The molecule has 0 radical (unpaired) electrons. The van der Waals surface area contributed by atoms with Gasteiger partial charge in [0.05, 0.1) is 10.7 Å². The molecule has 1 aliphatic heterocycles. The predicted molar refractivity (Wildman–Crippen MR) is 88.4 cm³/mol. The lowest BCUT2D eigenvalue weighted by Crippen LogP contribution is -2.50. The van der Waals surface area contributed by atoms with Crippen LogP contribution in [0.4, 0.5) is 10.5 Å². The van der Waals surface area contributed by atoms with Crippen LogP contribution in [0, 0.1) is 0 Å². The molecule has 2 rings (SSSR count). The van der Waals surface area contributed by atoms with Crippen molar-refractivity contribution >= 4 is 34.9 Å². The largest absolute Gasteiger partial charge is 0.322 e. The molecule has 1 aromatic carbocycles. The molecule has 6 heteroatoms. The van der Waals surface area contributed by atoms with Gasteiger partial charge in [0, 0.05) is 31.2 Å². The topological polar surface area (TPSA) is 35.6 Å². The van der Waals surface area contributed by atoms with Crippen LogP contribution < -0.4 is 5.32 Å². The number of nitrogens with one attached hydrogen (secondary N) is 1. The van der Waals surface area contributed by atoms with Crippen molar-refractivity contribution in [3.63, 3.8) is 0 Å². The van der Waals surface area contributed by atoms with Crippen molar-refractivity contribution in [1.29, 1.82) is 0 Å². The van der Waals surface area contributed by atoms with Crippen LogP contribution in [0.3, 0.4) is 0 Å². The van der Waals surface area contributed by atoms with E-state index in [1.165, 1.54) is 12.8 Å². The first kappa shape index (κ1) is 16.4. The maximum Gasteiger partial charge on any atom is 0.321 e. The number of hydrogen-bond donors (Lipinski definition) is 1. The van der Waals surface area contributed by atoms with Crippen molar-refractivity contribution in [2.75, 3.05) is 38.0 Å². The number of nitrogens with zero attached hydrogens (tertiary/aromatic N) is 2. The molecule has 1 aromatic rings. The molecule has 0 aromatic heterocycles. The minimum Gasteiger partial charge on any atom is -0.322 e. The molecule has 0 unspecified atom stereocenters. The van der Waals surface area contributed by atoms with Crippen molar-refractivity contribution < 1.29 is 4.79 Å². The monoisotopic (exact) mass is 329 g/mol. The normalized spacial score (nSPS) is 16.0. The first-order valence-corrected chi connectivity index (χ1v) is 8.09. The molecule has 1 N–H and O–H groups in total. The number of hydrogen-bond acceptors (Lipinski definition) is 2. The fraction of sp³-hybridized carbons (Fsp3) is 0.533. The molecule has 2 amide bonds. The summed E-state index contributed by atoms with van der Waals surface area (Å²) in [5.41, 5.74) is 0.597. The van der Waals surface area contributed by atoms with Crippen molar-refractivity contribution in [3.8, 4) is 0 Å². The van der Waals surface area contributed by atoms with Crippen molar-refractivity contribution in [2.24, 2.45) is 0 Å². The van der Waals surface area contributed by atoms with E-state index in [1.807, 2.05) is 4.90 Å². The lowest BCUT2D eigenvalue weighted by Gasteiger charge is -2.34. The fourth-order valence-electron chi connectivity index (χ4n) is 2.34. The van der Waals surface area contributed by atoms with Gasteiger partial charge in [-0.1, -0.05) is 36.5 Å². The number of carbonyl (C=O) groups is 1. The Labute approximate surface area is 136 Å². The number of unbranched alkanes of at least 4 members (excludes halogenated alkanes) is 1. The second-order valence-corrected chi connectivity index (χ2v) is 6.08. The standard InChI is InChI=1S/C15H21Cl2N3O/c1-2-3-6-19-7-9-20(10-8-19)15(21)18-14-5-4-12(16)11-13(14)17/h4-5,11H,2-3,6-10H2,1H3,(H,18,21).